The minimum atomic E-state index is -0.717. The quantitative estimate of drug-likeness (QED) is 0.363. The standard InChI is InChI=1S/C31H28N2O6/c1-38-23-12-10-21(11-13-23)32-26(34)17-39-31(37)19-8-5-9-22(14-19)33-29(35)27-20-15-24(18-6-3-2-4-7-18)25(16-20)28(27)30(33)36/h2-14,20,24-25,27-28H,15-17H2,1H3,(H,32,34)/t20-,24-,25+,27+,28-/m0/s1. The second-order valence-corrected chi connectivity index (χ2v) is 10.4. The molecule has 1 aliphatic heterocycles. The van der Waals surface area contributed by atoms with Gasteiger partial charge in [-0.25, -0.2) is 4.79 Å². The number of hydrogen-bond acceptors (Lipinski definition) is 6. The van der Waals surface area contributed by atoms with Crippen LogP contribution in [0.2, 0.25) is 0 Å². The van der Waals surface area contributed by atoms with E-state index in [9.17, 15) is 19.2 Å². The first-order chi connectivity index (χ1) is 18.9. The number of fused-ring (bicyclic) bond motifs is 5. The molecule has 198 valence electrons. The summed E-state index contributed by atoms with van der Waals surface area (Å²) < 4.78 is 10.3. The van der Waals surface area contributed by atoms with Gasteiger partial charge in [-0.3, -0.25) is 19.3 Å². The van der Waals surface area contributed by atoms with Crippen molar-refractivity contribution in [3.8, 4) is 5.75 Å². The summed E-state index contributed by atoms with van der Waals surface area (Å²) >= 11 is 0. The van der Waals surface area contributed by atoms with Crippen molar-refractivity contribution in [3.63, 3.8) is 0 Å². The Balaban J connectivity index is 1.12. The van der Waals surface area contributed by atoms with Crippen molar-refractivity contribution < 1.29 is 28.7 Å². The maximum Gasteiger partial charge on any atom is 0.338 e. The van der Waals surface area contributed by atoms with Crippen LogP contribution in [0.4, 0.5) is 11.4 Å². The Hall–Kier alpha value is -4.46. The summed E-state index contributed by atoms with van der Waals surface area (Å²) in [6, 6.07) is 23.3. The van der Waals surface area contributed by atoms with Gasteiger partial charge in [0.15, 0.2) is 6.61 Å². The molecule has 8 nitrogen and oxygen atoms in total. The first kappa shape index (κ1) is 24.9. The van der Waals surface area contributed by atoms with E-state index in [1.165, 1.54) is 22.6 Å². The summed E-state index contributed by atoms with van der Waals surface area (Å²) in [5, 5.41) is 2.65. The summed E-state index contributed by atoms with van der Waals surface area (Å²) in [5.41, 5.74) is 2.28. The molecule has 3 aliphatic rings. The van der Waals surface area contributed by atoms with Gasteiger partial charge >= 0.3 is 5.97 Å². The van der Waals surface area contributed by atoms with E-state index in [0.29, 0.717) is 17.1 Å². The Labute approximate surface area is 225 Å². The van der Waals surface area contributed by atoms with Crippen molar-refractivity contribution in [2.45, 2.75) is 18.8 Å². The Kier molecular flexibility index (Phi) is 6.38. The van der Waals surface area contributed by atoms with Crippen LogP contribution in [0.25, 0.3) is 0 Å². The summed E-state index contributed by atoms with van der Waals surface area (Å²) in [5.74, 6) is -0.975. The summed E-state index contributed by atoms with van der Waals surface area (Å²) in [7, 11) is 1.55. The van der Waals surface area contributed by atoms with Crippen molar-refractivity contribution in [1.29, 1.82) is 0 Å². The maximum atomic E-state index is 13.6. The van der Waals surface area contributed by atoms with E-state index in [2.05, 4.69) is 17.4 Å². The molecule has 8 heteroatoms. The van der Waals surface area contributed by atoms with E-state index < -0.39 is 18.5 Å². The van der Waals surface area contributed by atoms with Gasteiger partial charge in [0.1, 0.15) is 5.75 Å². The van der Waals surface area contributed by atoms with Gasteiger partial charge in [0.2, 0.25) is 11.8 Å². The van der Waals surface area contributed by atoms with Gasteiger partial charge < -0.3 is 14.8 Å². The zero-order chi connectivity index (χ0) is 27.1. The molecule has 3 aromatic rings. The number of carbonyl (C=O) groups excluding carboxylic acids is 4. The number of anilines is 2. The Morgan fingerprint density at radius 3 is 2.38 bits per heavy atom. The Bertz CT molecular complexity index is 1440. The van der Waals surface area contributed by atoms with E-state index in [-0.39, 0.29) is 47.0 Å². The lowest BCUT2D eigenvalue weighted by Crippen LogP contribution is -2.33. The van der Waals surface area contributed by atoms with E-state index in [1.807, 2.05) is 18.2 Å². The average Bonchev–Trinajstić information content (AvgIpc) is 3.63. The zero-order valence-corrected chi connectivity index (χ0v) is 21.4. The molecule has 2 saturated carbocycles. The summed E-state index contributed by atoms with van der Waals surface area (Å²) in [4.78, 5) is 53.3. The molecule has 0 radical (unpaired) electrons. The molecule has 39 heavy (non-hydrogen) atoms. The van der Waals surface area contributed by atoms with Crippen molar-refractivity contribution in [2.24, 2.45) is 23.7 Å². The first-order valence-corrected chi connectivity index (χ1v) is 13.1. The number of nitrogens with one attached hydrogen (secondary N) is 1. The molecule has 3 fully saturated rings. The van der Waals surface area contributed by atoms with Gasteiger partial charge in [0.25, 0.3) is 5.91 Å². The van der Waals surface area contributed by atoms with Crippen LogP contribution in [0.1, 0.15) is 34.7 Å². The normalized spacial score (nSPS) is 24.9. The highest BCUT2D eigenvalue weighted by atomic mass is 16.5. The van der Waals surface area contributed by atoms with E-state index in [0.717, 1.165) is 12.8 Å². The molecule has 1 saturated heterocycles. The van der Waals surface area contributed by atoms with Crippen LogP contribution in [0.15, 0.2) is 78.9 Å². The Morgan fingerprint density at radius 2 is 1.64 bits per heavy atom. The van der Waals surface area contributed by atoms with Crippen LogP contribution in [0.5, 0.6) is 5.75 Å². The number of amides is 3. The third kappa shape index (κ3) is 4.46. The second kappa shape index (κ2) is 10.0. The molecule has 3 aromatic carbocycles. The monoisotopic (exact) mass is 524 g/mol. The minimum Gasteiger partial charge on any atom is -0.497 e. The van der Waals surface area contributed by atoms with E-state index >= 15 is 0 Å². The van der Waals surface area contributed by atoms with Crippen molar-refractivity contribution in [2.75, 3.05) is 23.9 Å². The molecule has 2 aliphatic carbocycles. The van der Waals surface area contributed by atoms with Crippen LogP contribution < -0.4 is 15.0 Å². The molecule has 1 heterocycles. The number of benzene rings is 3. The van der Waals surface area contributed by atoms with Gasteiger partial charge in [-0.15, -0.1) is 0 Å². The number of ether oxygens (including phenoxy) is 2. The fourth-order valence-electron chi connectivity index (χ4n) is 6.66. The highest BCUT2D eigenvalue weighted by Gasteiger charge is 2.64. The van der Waals surface area contributed by atoms with Crippen molar-refractivity contribution in [3.05, 3.63) is 90.0 Å². The number of rotatable bonds is 7. The third-order valence-corrected chi connectivity index (χ3v) is 8.29. The zero-order valence-electron chi connectivity index (χ0n) is 21.4. The number of nitrogens with zero attached hydrogens (tertiary/aromatic N) is 1. The number of imide groups is 1. The molecule has 2 bridgehead atoms. The van der Waals surface area contributed by atoms with Gasteiger partial charge in [0, 0.05) is 5.69 Å². The lowest BCUT2D eigenvalue weighted by atomic mass is 9.73. The van der Waals surface area contributed by atoms with Gasteiger partial charge in [0.05, 0.1) is 30.2 Å². The highest BCUT2D eigenvalue weighted by Crippen LogP contribution is 2.61. The summed E-state index contributed by atoms with van der Waals surface area (Å²) in [6.45, 7) is -0.481. The molecule has 6 rings (SSSR count). The maximum absolute atomic E-state index is 13.6. The molecule has 0 spiro atoms. The molecule has 0 aromatic heterocycles. The van der Waals surface area contributed by atoms with Crippen LogP contribution in [-0.2, 0) is 19.1 Å². The number of carbonyl (C=O) groups is 4. The fourth-order valence-corrected chi connectivity index (χ4v) is 6.66. The number of hydrogen-bond donors (Lipinski definition) is 1. The number of methoxy groups -OCH3 is 1. The molecular formula is C31H28N2O6. The molecule has 5 atom stereocenters. The first-order valence-electron chi connectivity index (χ1n) is 13.1. The predicted molar refractivity (Wildman–Crippen MR) is 143 cm³/mol. The Morgan fingerprint density at radius 1 is 0.897 bits per heavy atom. The SMILES string of the molecule is COc1ccc(NC(=O)COC(=O)c2cccc(N3C(=O)[C@@H]4[C@@H]5C[C@@H]([C@@H]4C3=O)[C@H](c3ccccc3)C5)c2)cc1. The largest absolute Gasteiger partial charge is 0.497 e. The summed E-state index contributed by atoms with van der Waals surface area (Å²) in [6.07, 6.45) is 1.80. The fraction of sp³-hybridized carbons (Fsp3) is 0.290. The van der Waals surface area contributed by atoms with E-state index in [4.69, 9.17) is 9.47 Å². The van der Waals surface area contributed by atoms with Crippen molar-refractivity contribution in [1.82, 2.24) is 0 Å². The smallest absolute Gasteiger partial charge is 0.338 e. The van der Waals surface area contributed by atoms with Gasteiger partial charge in [-0.2, -0.15) is 0 Å². The molecule has 3 amide bonds. The molecular weight excluding hydrogens is 496 g/mol. The predicted octanol–water partition coefficient (Wildman–Crippen LogP) is 4.42. The van der Waals surface area contributed by atoms with Crippen LogP contribution >= 0.6 is 0 Å². The lowest BCUT2D eigenvalue weighted by Gasteiger charge is -2.28. The van der Waals surface area contributed by atoms with Crippen LogP contribution in [0.3, 0.4) is 0 Å². The topological polar surface area (TPSA) is 102 Å². The lowest BCUT2D eigenvalue weighted by molar-refractivity contribution is -0.123. The van der Waals surface area contributed by atoms with Crippen LogP contribution in [0, 0.1) is 23.7 Å². The van der Waals surface area contributed by atoms with Gasteiger partial charge in [-0.05, 0) is 78.6 Å². The van der Waals surface area contributed by atoms with Crippen LogP contribution in [-0.4, -0.2) is 37.4 Å². The highest BCUT2D eigenvalue weighted by molar-refractivity contribution is 6.23. The molecule has 0 unspecified atom stereocenters. The average molecular weight is 525 g/mol. The third-order valence-electron chi connectivity index (χ3n) is 8.29. The minimum absolute atomic E-state index is 0.140. The molecule has 1 N–H and O–H groups in total. The van der Waals surface area contributed by atoms with Gasteiger partial charge in [-0.1, -0.05) is 36.4 Å². The number of esters is 1. The van der Waals surface area contributed by atoms with E-state index in [1.54, 1.807) is 43.5 Å². The van der Waals surface area contributed by atoms with Crippen molar-refractivity contribution >= 4 is 35.1 Å². The second-order valence-electron chi connectivity index (χ2n) is 10.4.